The zero-order valence-electron chi connectivity index (χ0n) is 12.5. The molecule has 128 valence electrons. The molecule has 3 nitrogen and oxygen atoms in total. The summed E-state index contributed by atoms with van der Waals surface area (Å²) >= 11 is 22.7. The maximum atomic E-state index is 12.4. The first-order chi connectivity index (χ1) is 12.0. The minimum atomic E-state index is -0.309. The Hall–Kier alpha value is -1.11. The van der Waals surface area contributed by atoms with Gasteiger partial charge in [0, 0.05) is 25.5 Å². The predicted molar refractivity (Wildman–Crippen MR) is 110 cm³/mol. The lowest BCUT2D eigenvalue weighted by atomic mass is 10.2. The van der Waals surface area contributed by atoms with Crippen molar-refractivity contribution >= 4 is 78.8 Å². The van der Waals surface area contributed by atoms with Gasteiger partial charge in [-0.25, -0.2) is 4.98 Å². The van der Waals surface area contributed by atoms with Crippen molar-refractivity contribution in [2.24, 2.45) is 0 Å². The van der Waals surface area contributed by atoms with Gasteiger partial charge in [0.2, 0.25) is 5.91 Å². The van der Waals surface area contributed by atoms with E-state index in [0.717, 1.165) is 15.7 Å². The number of halogens is 4. The minimum Gasteiger partial charge on any atom is -0.273 e. The molecule has 1 aromatic heterocycles. The summed E-state index contributed by atoms with van der Waals surface area (Å²) in [6.07, 6.45) is 0. The maximum absolute atomic E-state index is 12.4. The molecule has 0 aliphatic rings. The smallest absolute Gasteiger partial charge is 0.248 e. The molecule has 0 aliphatic heterocycles. The van der Waals surface area contributed by atoms with Crippen molar-refractivity contribution in [3.63, 3.8) is 0 Å². The molecule has 0 saturated heterocycles. The first-order valence-corrected chi connectivity index (χ1v) is 10.0. The van der Waals surface area contributed by atoms with E-state index in [0.29, 0.717) is 20.9 Å². The van der Waals surface area contributed by atoms with E-state index in [1.807, 2.05) is 29.6 Å². The zero-order chi connectivity index (χ0) is 18.0. The third kappa shape index (κ3) is 4.36. The maximum Gasteiger partial charge on any atom is 0.248 e. The molecule has 0 radical (unpaired) electrons. The van der Waals surface area contributed by atoms with E-state index in [2.05, 4.69) is 20.9 Å². The Morgan fingerprint density at radius 1 is 1.12 bits per heavy atom. The van der Waals surface area contributed by atoms with E-state index in [-0.39, 0.29) is 11.8 Å². The van der Waals surface area contributed by atoms with E-state index in [1.165, 1.54) is 16.2 Å². The number of anilines is 2. The number of rotatable bonds is 4. The number of alkyl halides is 1. The number of benzene rings is 2. The van der Waals surface area contributed by atoms with Crippen LogP contribution < -0.4 is 4.90 Å². The van der Waals surface area contributed by atoms with E-state index in [9.17, 15) is 4.79 Å². The van der Waals surface area contributed by atoms with Gasteiger partial charge in [-0.15, -0.1) is 22.9 Å². The summed E-state index contributed by atoms with van der Waals surface area (Å²) in [6, 6.07) is 12.7. The fourth-order valence-corrected chi connectivity index (χ4v) is 3.98. The van der Waals surface area contributed by atoms with Crippen LogP contribution in [0.5, 0.6) is 0 Å². The highest BCUT2D eigenvalue weighted by atomic mass is 79.9. The summed E-state index contributed by atoms with van der Waals surface area (Å²) in [6.45, 7) is 0. The van der Waals surface area contributed by atoms with Crippen molar-refractivity contribution in [3.05, 3.63) is 62.4 Å². The number of amides is 1. The molecule has 0 atom stereocenters. The van der Waals surface area contributed by atoms with Gasteiger partial charge >= 0.3 is 0 Å². The van der Waals surface area contributed by atoms with Crippen LogP contribution in [0.15, 0.2) is 52.3 Å². The van der Waals surface area contributed by atoms with E-state index in [4.69, 9.17) is 34.8 Å². The molecule has 1 amide bonds. The van der Waals surface area contributed by atoms with Crippen LogP contribution in [0.4, 0.5) is 10.8 Å². The first-order valence-electron chi connectivity index (χ1n) is 7.04. The fourth-order valence-electron chi connectivity index (χ4n) is 2.21. The average molecular weight is 477 g/mol. The predicted octanol–water partition coefficient (Wildman–Crippen LogP) is 6.78. The quantitative estimate of drug-likeness (QED) is 0.389. The van der Waals surface area contributed by atoms with Crippen LogP contribution in [0, 0.1) is 0 Å². The second-order valence-electron chi connectivity index (χ2n) is 5.01. The summed E-state index contributed by atoms with van der Waals surface area (Å²) in [5.41, 5.74) is 2.25. The molecular formula is C17H10BrCl3N2OS. The number of hydrogen-bond donors (Lipinski definition) is 0. The molecule has 8 heteroatoms. The number of aromatic nitrogens is 1. The molecule has 2 aromatic carbocycles. The molecule has 1 heterocycles. The molecule has 0 fully saturated rings. The van der Waals surface area contributed by atoms with Crippen molar-refractivity contribution in [2.75, 3.05) is 10.8 Å². The van der Waals surface area contributed by atoms with Gasteiger partial charge in [0.1, 0.15) is 5.88 Å². The van der Waals surface area contributed by atoms with Gasteiger partial charge in [-0.1, -0.05) is 51.3 Å². The summed E-state index contributed by atoms with van der Waals surface area (Å²) in [4.78, 5) is 18.4. The van der Waals surface area contributed by atoms with Crippen molar-refractivity contribution in [2.45, 2.75) is 0 Å². The summed E-state index contributed by atoms with van der Waals surface area (Å²) in [5, 5.41) is 3.25. The Balaban J connectivity index is 2.03. The van der Waals surface area contributed by atoms with Crippen LogP contribution in [0.3, 0.4) is 0 Å². The fraction of sp³-hybridized carbons (Fsp3) is 0.0588. The van der Waals surface area contributed by atoms with Crippen LogP contribution in [-0.4, -0.2) is 16.8 Å². The van der Waals surface area contributed by atoms with Gasteiger partial charge in [0.15, 0.2) is 5.13 Å². The lowest BCUT2D eigenvalue weighted by Gasteiger charge is -2.19. The molecule has 0 spiro atoms. The van der Waals surface area contributed by atoms with E-state index in [1.54, 1.807) is 18.2 Å². The van der Waals surface area contributed by atoms with Crippen LogP contribution in [0.2, 0.25) is 10.0 Å². The first kappa shape index (κ1) is 18.7. The molecular weight excluding hydrogens is 467 g/mol. The lowest BCUT2D eigenvalue weighted by molar-refractivity contribution is -0.115. The second kappa shape index (κ2) is 8.06. The monoisotopic (exact) mass is 474 g/mol. The molecule has 0 N–H and O–H groups in total. The lowest BCUT2D eigenvalue weighted by Crippen LogP contribution is -2.26. The molecule has 3 aromatic rings. The SMILES string of the molecule is O=C(CCl)N(c1cc(Cl)cc(Cl)c1)c1nc(-c2ccc(Br)cc2)cs1. The third-order valence-electron chi connectivity index (χ3n) is 3.29. The number of nitrogens with zero attached hydrogens (tertiary/aromatic N) is 2. The Labute approximate surface area is 172 Å². The zero-order valence-corrected chi connectivity index (χ0v) is 17.2. The van der Waals surface area contributed by atoms with Gasteiger partial charge in [0.05, 0.1) is 11.4 Å². The number of carbonyl (C=O) groups is 1. The average Bonchev–Trinajstić information content (AvgIpc) is 3.04. The highest BCUT2D eigenvalue weighted by molar-refractivity contribution is 9.10. The summed E-state index contributed by atoms with van der Waals surface area (Å²) in [5.74, 6) is -0.492. The highest BCUT2D eigenvalue weighted by Gasteiger charge is 2.21. The van der Waals surface area contributed by atoms with Crippen molar-refractivity contribution < 1.29 is 4.79 Å². The summed E-state index contributed by atoms with van der Waals surface area (Å²) < 4.78 is 0.985. The minimum absolute atomic E-state index is 0.183. The van der Waals surface area contributed by atoms with E-state index >= 15 is 0 Å². The van der Waals surface area contributed by atoms with Gasteiger partial charge in [-0.2, -0.15) is 0 Å². The van der Waals surface area contributed by atoms with Crippen LogP contribution in [0.25, 0.3) is 11.3 Å². The molecule has 25 heavy (non-hydrogen) atoms. The Kier molecular flexibility index (Phi) is 6.02. The highest BCUT2D eigenvalue weighted by Crippen LogP contribution is 2.35. The Morgan fingerprint density at radius 2 is 1.76 bits per heavy atom. The molecule has 0 saturated carbocycles. The van der Waals surface area contributed by atoms with Gasteiger partial charge < -0.3 is 0 Å². The van der Waals surface area contributed by atoms with Crippen molar-refractivity contribution in [1.82, 2.24) is 4.98 Å². The normalized spacial score (nSPS) is 10.7. The molecule has 3 rings (SSSR count). The van der Waals surface area contributed by atoms with Crippen LogP contribution in [-0.2, 0) is 4.79 Å². The Bertz CT molecular complexity index is 894. The standard InChI is InChI=1S/C17H10BrCl3N2OS/c18-11-3-1-10(2-4-11)15-9-25-17(22-15)23(16(24)8-19)14-6-12(20)5-13(21)7-14/h1-7,9H,8H2. The number of hydrogen-bond acceptors (Lipinski definition) is 3. The second-order valence-corrected chi connectivity index (χ2v) is 7.91. The van der Waals surface area contributed by atoms with Gasteiger partial charge in [0.25, 0.3) is 0 Å². The van der Waals surface area contributed by atoms with Crippen LogP contribution in [0.1, 0.15) is 0 Å². The van der Waals surface area contributed by atoms with Crippen molar-refractivity contribution in [3.8, 4) is 11.3 Å². The number of thiazole rings is 1. The third-order valence-corrected chi connectivity index (χ3v) is 5.31. The van der Waals surface area contributed by atoms with Crippen LogP contribution >= 0.6 is 62.1 Å². The molecule has 0 unspecified atom stereocenters. The van der Waals surface area contributed by atoms with Gasteiger partial charge in [-0.3, -0.25) is 9.69 Å². The van der Waals surface area contributed by atoms with E-state index < -0.39 is 0 Å². The largest absolute Gasteiger partial charge is 0.273 e. The molecule has 0 bridgehead atoms. The topological polar surface area (TPSA) is 33.2 Å². The molecule has 0 aliphatic carbocycles. The van der Waals surface area contributed by atoms with Gasteiger partial charge in [-0.05, 0) is 30.3 Å². The number of carbonyl (C=O) groups excluding carboxylic acids is 1. The Morgan fingerprint density at radius 3 is 2.36 bits per heavy atom. The summed E-state index contributed by atoms with van der Waals surface area (Å²) in [7, 11) is 0. The van der Waals surface area contributed by atoms with Crippen molar-refractivity contribution in [1.29, 1.82) is 0 Å².